The average molecular weight is 336 g/mol. The van der Waals surface area contributed by atoms with Gasteiger partial charge in [0.1, 0.15) is 5.69 Å². The molecule has 0 atom stereocenters. The predicted octanol–water partition coefficient (Wildman–Crippen LogP) is 0.708. The maximum atomic E-state index is 11.9. The summed E-state index contributed by atoms with van der Waals surface area (Å²) >= 11 is 0. The Hall–Kier alpha value is -3.55. The molecule has 3 rings (SSSR count). The summed E-state index contributed by atoms with van der Waals surface area (Å²) < 4.78 is 1.58. The molecule has 0 aliphatic rings. The van der Waals surface area contributed by atoms with Crippen LogP contribution in [0.4, 0.5) is 0 Å². The van der Waals surface area contributed by atoms with Crippen molar-refractivity contribution >= 4 is 11.8 Å². The summed E-state index contributed by atoms with van der Waals surface area (Å²) in [7, 11) is 0. The van der Waals surface area contributed by atoms with Crippen molar-refractivity contribution in [2.75, 3.05) is 6.54 Å². The van der Waals surface area contributed by atoms with Gasteiger partial charge in [-0.05, 0) is 24.3 Å². The molecule has 1 aromatic carbocycles. The standard InChI is InChI=1S/C17H16N6O2/c24-16(11-20-17(25)13-5-2-1-3-6-13)19-9-14-12-23(22-21-14)15-7-4-8-18-10-15/h1-8,10,12H,9,11H2,(H,19,24)(H,20,25). The van der Waals surface area contributed by atoms with Gasteiger partial charge in [-0.25, -0.2) is 4.68 Å². The van der Waals surface area contributed by atoms with E-state index in [2.05, 4.69) is 25.9 Å². The Morgan fingerprint density at radius 2 is 1.88 bits per heavy atom. The van der Waals surface area contributed by atoms with E-state index in [1.54, 1.807) is 53.6 Å². The minimum absolute atomic E-state index is 0.107. The van der Waals surface area contributed by atoms with Crippen LogP contribution < -0.4 is 10.6 Å². The Labute approximate surface area is 143 Å². The molecular formula is C17H16N6O2. The average Bonchev–Trinajstić information content (AvgIpc) is 3.15. The molecule has 0 aliphatic carbocycles. The number of pyridine rings is 1. The molecule has 0 aliphatic heterocycles. The number of aromatic nitrogens is 4. The number of benzene rings is 1. The van der Waals surface area contributed by atoms with Gasteiger partial charge in [-0.1, -0.05) is 23.4 Å². The Morgan fingerprint density at radius 1 is 1.04 bits per heavy atom. The van der Waals surface area contributed by atoms with Crippen molar-refractivity contribution in [1.82, 2.24) is 30.6 Å². The van der Waals surface area contributed by atoms with Gasteiger partial charge in [0, 0.05) is 11.8 Å². The van der Waals surface area contributed by atoms with Crippen LogP contribution in [0.3, 0.4) is 0 Å². The van der Waals surface area contributed by atoms with Crippen molar-refractivity contribution in [2.45, 2.75) is 6.54 Å². The van der Waals surface area contributed by atoms with Crippen LogP contribution in [-0.2, 0) is 11.3 Å². The quantitative estimate of drug-likeness (QED) is 0.690. The topological polar surface area (TPSA) is 102 Å². The summed E-state index contributed by atoms with van der Waals surface area (Å²) in [5.41, 5.74) is 1.89. The van der Waals surface area contributed by atoms with E-state index in [0.29, 0.717) is 11.3 Å². The zero-order valence-corrected chi connectivity index (χ0v) is 13.3. The minimum atomic E-state index is -0.305. The van der Waals surface area contributed by atoms with Crippen molar-refractivity contribution < 1.29 is 9.59 Å². The molecule has 2 N–H and O–H groups in total. The van der Waals surface area contributed by atoms with Crippen LogP contribution in [0.25, 0.3) is 5.69 Å². The summed E-state index contributed by atoms with van der Waals surface area (Å²) in [6, 6.07) is 12.4. The SMILES string of the molecule is O=C(CNC(=O)c1ccccc1)NCc1cn(-c2cccnc2)nn1. The van der Waals surface area contributed by atoms with Gasteiger partial charge in [0.15, 0.2) is 0 Å². The van der Waals surface area contributed by atoms with Gasteiger partial charge in [0.05, 0.1) is 31.2 Å². The molecule has 8 nitrogen and oxygen atoms in total. The second-order valence-electron chi connectivity index (χ2n) is 5.19. The molecule has 8 heteroatoms. The normalized spacial score (nSPS) is 10.2. The summed E-state index contributed by atoms with van der Waals surface area (Å²) in [4.78, 5) is 27.7. The van der Waals surface area contributed by atoms with Gasteiger partial charge in [-0.15, -0.1) is 5.10 Å². The molecule has 0 saturated heterocycles. The zero-order valence-electron chi connectivity index (χ0n) is 13.3. The second kappa shape index (κ2) is 7.82. The zero-order chi connectivity index (χ0) is 17.5. The van der Waals surface area contributed by atoms with Crippen molar-refractivity contribution in [3.8, 4) is 5.69 Å². The van der Waals surface area contributed by atoms with Crippen LogP contribution in [0.15, 0.2) is 61.1 Å². The van der Waals surface area contributed by atoms with Gasteiger partial charge < -0.3 is 10.6 Å². The van der Waals surface area contributed by atoms with E-state index in [9.17, 15) is 9.59 Å². The minimum Gasteiger partial charge on any atom is -0.349 e. The van der Waals surface area contributed by atoms with E-state index in [4.69, 9.17) is 0 Å². The maximum absolute atomic E-state index is 11.9. The monoisotopic (exact) mass is 336 g/mol. The van der Waals surface area contributed by atoms with Crippen LogP contribution in [0.5, 0.6) is 0 Å². The van der Waals surface area contributed by atoms with E-state index in [-0.39, 0.29) is 24.9 Å². The highest BCUT2D eigenvalue weighted by Crippen LogP contribution is 2.03. The number of amides is 2. The molecule has 0 saturated carbocycles. The highest BCUT2D eigenvalue weighted by atomic mass is 16.2. The molecule has 0 spiro atoms. The number of carbonyl (C=O) groups excluding carboxylic acids is 2. The van der Waals surface area contributed by atoms with Gasteiger partial charge in [-0.3, -0.25) is 14.6 Å². The van der Waals surface area contributed by atoms with Gasteiger partial charge in [0.25, 0.3) is 5.91 Å². The molecule has 2 amide bonds. The molecule has 3 aromatic rings. The third kappa shape index (κ3) is 4.47. The Morgan fingerprint density at radius 3 is 2.64 bits per heavy atom. The Kier molecular flexibility index (Phi) is 5.10. The van der Waals surface area contributed by atoms with Gasteiger partial charge in [0.2, 0.25) is 5.91 Å². The van der Waals surface area contributed by atoms with Crippen molar-refractivity contribution in [3.05, 3.63) is 72.3 Å². The summed E-state index contributed by atoms with van der Waals surface area (Å²) in [6.45, 7) is 0.116. The lowest BCUT2D eigenvalue weighted by Gasteiger charge is -2.05. The molecular weight excluding hydrogens is 320 g/mol. The van der Waals surface area contributed by atoms with E-state index in [1.807, 2.05) is 12.1 Å². The number of hydrogen-bond acceptors (Lipinski definition) is 5. The molecule has 126 valence electrons. The molecule has 2 heterocycles. The third-order valence-corrected chi connectivity index (χ3v) is 3.36. The lowest BCUT2D eigenvalue weighted by atomic mass is 10.2. The first-order valence-electron chi connectivity index (χ1n) is 7.64. The van der Waals surface area contributed by atoms with Crippen LogP contribution in [0, 0.1) is 0 Å². The lowest BCUT2D eigenvalue weighted by molar-refractivity contribution is -0.120. The molecule has 0 fully saturated rings. The van der Waals surface area contributed by atoms with Crippen molar-refractivity contribution in [1.29, 1.82) is 0 Å². The predicted molar refractivity (Wildman–Crippen MR) is 89.8 cm³/mol. The van der Waals surface area contributed by atoms with Gasteiger partial charge >= 0.3 is 0 Å². The number of nitrogens with zero attached hydrogens (tertiary/aromatic N) is 4. The maximum Gasteiger partial charge on any atom is 0.251 e. The van der Waals surface area contributed by atoms with E-state index < -0.39 is 0 Å². The highest BCUT2D eigenvalue weighted by molar-refractivity contribution is 5.96. The van der Waals surface area contributed by atoms with Crippen molar-refractivity contribution in [3.63, 3.8) is 0 Å². The summed E-state index contributed by atoms with van der Waals surface area (Å²) in [5.74, 6) is -0.599. The molecule has 25 heavy (non-hydrogen) atoms. The highest BCUT2D eigenvalue weighted by Gasteiger charge is 2.08. The molecule has 0 unspecified atom stereocenters. The first kappa shape index (κ1) is 16.3. The Bertz CT molecular complexity index is 848. The molecule has 0 bridgehead atoms. The summed E-state index contributed by atoms with van der Waals surface area (Å²) in [6.07, 6.45) is 5.04. The third-order valence-electron chi connectivity index (χ3n) is 3.36. The van der Waals surface area contributed by atoms with E-state index in [0.717, 1.165) is 5.69 Å². The Balaban J connectivity index is 1.47. The van der Waals surface area contributed by atoms with Crippen LogP contribution >= 0.6 is 0 Å². The smallest absolute Gasteiger partial charge is 0.251 e. The summed E-state index contributed by atoms with van der Waals surface area (Å²) in [5, 5.41) is 13.2. The van der Waals surface area contributed by atoms with Crippen LogP contribution in [0.1, 0.15) is 16.1 Å². The van der Waals surface area contributed by atoms with Crippen LogP contribution in [0.2, 0.25) is 0 Å². The molecule has 0 radical (unpaired) electrons. The first-order valence-corrected chi connectivity index (χ1v) is 7.64. The second-order valence-corrected chi connectivity index (χ2v) is 5.19. The molecule has 2 aromatic heterocycles. The lowest BCUT2D eigenvalue weighted by Crippen LogP contribution is -2.36. The number of hydrogen-bond donors (Lipinski definition) is 2. The number of nitrogens with one attached hydrogen (secondary N) is 2. The fourth-order valence-corrected chi connectivity index (χ4v) is 2.10. The fraction of sp³-hybridized carbons (Fsp3) is 0.118. The van der Waals surface area contributed by atoms with E-state index in [1.165, 1.54) is 0 Å². The number of rotatable bonds is 6. The largest absolute Gasteiger partial charge is 0.349 e. The first-order chi connectivity index (χ1) is 12.2. The fourth-order valence-electron chi connectivity index (χ4n) is 2.10. The van der Waals surface area contributed by atoms with Crippen molar-refractivity contribution in [2.24, 2.45) is 0 Å². The number of carbonyl (C=O) groups is 2. The van der Waals surface area contributed by atoms with Crippen LogP contribution in [-0.4, -0.2) is 38.3 Å². The van der Waals surface area contributed by atoms with E-state index >= 15 is 0 Å². The van der Waals surface area contributed by atoms with Gasteiger partial charge in [-0.2, -0.15) is 0 Å².